The van der Waals surface area contributed by atoms with Crippen molar-refractivity contribution >= 4 is 0 Å². The van der Waals surface area contributed by atoms with Gasteiger partial charge < -0.3 is 5.32 Å². The van der Waals surface area contributed by atoms with Crippen LogP contribution in [0.5, 0.6) is 0 Å². The molecule has 1 aromatic heterocycles. The van der Waals surface area contributed by atoms with Gasteiger partial charge >= 0.3 is 6.18 Å². The number of hydrogen-bond donors (Lipinski definition) is 1. The Balaban J connectivity index is 2.58. The van der Waals surface area contributed by atoms with E-state index in [4.69, 9.17) is 0 Å². The number of hydrogen-bond acceptors (Lipinski definition) is 2. The van der Waals surface area contributed by atoms with E-state index < -0.39 is 12.6 Å². The van der Waals surface area contributed by atoms with E-state index in [0.29, 0.717) is 6.42 Å². The lowest BCUT2D eigenvalue weighted by Crippen LogP contribution is -2.18. The highest BCUT2D eigenvalue weighted by molar-refractivity contribution is 5.22. The molecule has 17 heavy (non-hydrogen) atoms. The first-order valence-corrected chi connectivity index (χ1v) is 5.59. The number of pyridine rings is 1. The van der Waals surface area contributed by atoms with Gasteiger partial charge in [0.2, 0.25) is 0 Å². The van der Waals surface area contributed by atoms with Gasteiger partial charge in [-0.2, -0.15) is 13.2 Å². The first-order valence-electron chi connectivity index (χ1n) is 5.59. The molecule has 1 aromatic rings. The summed E-state index contributed by atoms with van der Waals surface area (Å²) in [5.41, 5.74) is 1.83. The minimum atomic E-state index is -4.07. The molecular weight excluding hydrogens is 229 g/mol. The summed E-state index contributed by atoms with van der Waals surface area (Å²) < 4.78 is 36.2. The molecule has 0 aliphatic carbocycles. The lowest BCUT2D eigenvalue weighted by molar-refractivity contribution is -0.135. The van der Waals surface area contributed by atoms with E-state index in [-0.39, 0.29) is 12.5 Å². The fourth-order valence-corrected chi connectivity index (χ4v) is 1.83. The van der Waals surface area contributed by atoms with Crippen LogP contribution in [-0.2, 0) is 0 Å². The molecule has 0 saturated carbocycles. The van der Waals surface area contributed by atoms with Gasteiger partial charge in [0.25, 0.3) is 0 Å². The first kappa shape index (κ1) is 14.0. The van der Waals surface area contributed by atoms with Gasteiger partial charge in [-0.3, -0.25) is 4.98 Å². The summed E-state index contributed by atoms with van der Waals surface area (Å²) in [5, 5.41) is 3.04. The van der Waals surface area contributed by atoms with Gasteiger partial charge in [-0.05, 0) is 38.4 Å². The van der Waals surface area contributed by atoms with Crippen LogP contribution in [0.15, 0.2) is 18.3 Å². The lowest BCUT2D eigenvalue weighted by Gasteiger charge is -2.18. The molecule has 5 heteroatoms. The lowest BCUT2D eigenvalue weighted by atomic mass is 10.00. The third-order valence-corrected chi connectivity index (χ3v) is 2.72. The topological polar surface area (TPSA) is 24.9 Å². The highest BCUT2D eigenvalue weighted by Crippen LogP contribution is 2.26. The minimum Gasteiger partial charge on any atom is -0.313 e. The van der Waals surface area contributed by atoms with Crippen molar-refractivity contribution in [2.45, 2.75) is 38.4 Å². The fourth-order valence-electron chi connectivity index (χ4n) is 1.83. The van der Waals surface area contributed by atoms with Crippen LogP contribution in [0.1, 0.15) is 36.6 Å². The van der Waals surface area contributed by atoms with E-state index in [0.717, 1.165) is 11.3 Å². The van der Waals surface area contributed by atoms with Crippen molar-refractivity contribution in [2.24, 2.45) is 0 Å². The molecule has 0 saturated heterocycles. The first-order chi connectivity index (χ1) is 7.94. The van der Waals surface area contributed by atoms with Crippen molar-refractivity contribution in [2.75, 3.05) is 7.05 Å². The Kier molecular flexibility index (Phi) is 4.93. The maximum absolute atomic E-state index is 12.1. The maximum Gasteiger partial charge on any atom is 0.389 e. The molecule has 1 heterocycles. The van der Waals surface area contributed by atoms with Crippen molar-refractivity contribution in [1.82, 2.24) is 10.3 Å². The van der Waals surface area contributed by atoms with E-state index in [1.54, 1.807) is 19.3 Å². The summed E-state index contributed by atoms with van der Waals surface area (Å²) >= 11 is 0. The molecule has 2 nitrogen and oxygen atoms in total. The van der Waals surface area contributed by atoms with Crippen molar-refractivity contribution in [3.05, 3.63) is 29.6 Å². The third kappa shape index (κ3) is 4.73. The molecule has 0 amide bonds. The Labute approximate surface area is 99.3 Å². The number of aryl methyl sites for hydroxylation is 1. The molecule has 1 atom stereocenters. The van der Waals surface area contributed by atoms with Gasteiger partial charge in [-0.15, -0.1) is 0 Å². The normalized spacial score (nSPS) is 13.7. The summed E-state index contributed by atoms with van der Waals surface area (Å²) in [5.74, 6) is 0. The molecule has 0 fully saturated rings. The standard InChI is InChI=1S/C12H17F3N2/c1-9-10(5-4-8-17-9)11(16-2)6-3-7-12(13,14)15/h4-5,8,11,16H,3,6-7H2,1-2H3. The third-order valence-electron chi connectivity index (χ3n) is 2.72. The van der Waals surface area contributed by atoms with E-state index in [1.807, 2.05) is 13.0 Å². The highest BCUT2D eigenvalue weighted by Gasteiger charge is 2.26. The summed E-state index contributed by atoms with van der Waals surface area (Å²) in [6, 6.07) is 3.64. The zero-order chi connectivity index (χ0) is 12.9. The molecular formula is C12H17F3N2. The summed E-state index contributed by atoms with van der Waals surface area (Å²) in [7, 11) is 1.75. The van der Waals surface area contributed by atoms with Gasteiger partial charge in [0, 0.05) is 24.4 Å². The number of nitrogens with zero attached hydrogens (tertiary/aromatic N) is 1. The van der Waals surface area contributed by atoms with Crippen LogP contribution in [-0.4, -0.2) is 18.2 Å². The Morgan fingerprint density at radius 3 is 2.65 bits per heavy atom. The Morgan fingerprint density at radius 2 is 2.12 bits per heavy atom. The molecule has 0 radical (unpaired) electrons. The molecule has 0 bridgehead atoms. The van der Waals surface area contributed by atoms with Crippen molar-refractivity contribution in [1.29, 1.82) is 0 Å². The van der Waals surface area contributed by atoms with Gasteiger partial charge in [0.1, 0.15) is 0 Å². The van der Waals surface area contributed by atoms with Crippen LogP contribution in [0.3, 0.4) is 0 Å². The zero-order valence-electron chi connectivity index (χ0n) is 10.0. The second-order valence-corrected chi connectivity index (χ2v) is 4.03. The van der Waals surface area contributed by atoms with Crippen LogP contribution in [0.4, 0.5) is 13.2 Å². The second-order valence-electron chi connectivity index (χ2n) is 4.03. The van der Waals surface area contributed by atoms with Crippen LogP contribution < -0.4 is 5.32 Å². The summed E-state index contributed by atoms with van der Waals surface area (Å²) in [4.78, 5) is 4.14. The predicted octanol–water partition coefficient (Wildman–Crippen LogP) is 3.38. The highest BCUT2D eigenvalue weighted by atomic mass is 19.4. The van der Waals surface area contributed by atoms with Crippen LogP contribution in [0.2, 0.25) is 0 Å². The van der Waals surface area contributed by atoms with E-state index in [2.05, 4.69) is 10.3 Å². The van der Waals surface area contributed by atoms with Crippen molar-refractivity contribution < 1.29 is 13.2 Å². The molecule has 0 aliphatic rings. The zero-order valence-corrected chi connectivity index (χ0v) is 10.0. The molecule has 1 unspecified atom stereocenters. The van der Waals surface area contributed by atoms with Crippen LogP contribution in [0.25, 0.3) is 0 Å². The van der Waals surface area contributed by atoms with Gasteiger partial charge in [0.05, 0.1) is 0 Å². The quantitative estimate of drug-likeness (QED) is 0.861. The molecule has 0 aliphatic heterocycles. The summed E-state index contributed by atoms with van der Waals surface area (Å²) in [6.07, 6.45) is -2.53. The van der Waals surface area contributed by atoms with Gasteiger partial charge in [-0.25, -0.2) is 0 Å². The fraction of sp³-hybridized carbons (Fsp3) is 0.583. The number of aromatic nitrogens is 1. The largest absolute Gasteiger partial charge is 0.389 e. The van der Waals surface area contributed by atoms with Gasteiger partial charge in [-0.1, -0.05) is 6.07 Å². The van der Waals surface area contributed by atoms with Crippen LogP contribution >= 0.6 is 0 Å². The minimum absolute atomic E-state index is 0.0638. The Hall–Kier alpha value is -1.10. The molecule has 1 rings (SSSR count). The number of nitrogens with one attached hydrogen (secondary N) is 1. The summed E-state index contributed by atoms with van der Waals surface area (Å²) in [6.45, 7) is 1.86. The van der Waals surface area contributed by atoms with E-state index >= 15 is 0 Å². The average Bonchev–Trinajstić information content (AvgIpc) is 2.24. The Bertz CT molecular complexity index is 350. The average molecular weight is 246 g/mol. The molecule has 96 valence electrons. The number of halogens is 3. The number of rotatable bonds is 5. The van der Waals surface area contributed by atoms with Crippen molar-refractivity contribution in [3.8, 4) is 0 Å². The van der Waals surface area contributed by atoms with E-state index in [1.165, 1.54) is 0 Å². The Morgan fingerprint density at radius 1 is 1.41 bits per heavy atom. The van der Waals surface area contributed by atoms with Crippen LogP contribution in [0, 0.1) is 6.92 Å². The predicted molar refractivity (Wildman–Crippen MR) is 60.7 cm³/mol. The monoisotopic (exact) mass is 246 g/mol. The van der Waals surface area contributed by atoms with Gasteiger partial charge in [0.15, 0.2) is 0 Å². The molecule has 0 spiro atoms. The SMILES string of the molecule is CNC(CCCC(F)(F)F)c1cccnc1C. The molecule has 0 aromatic carbocycles. The second kappa shape index (κ2) is 6.00. The number of alkyl halides is 3. The maximum atomic E-state index is 12.1. The smallest absolute Gasteiger partial charge is 0.313 e. The van der Waals surface area contributed by atoms with Crippen molar-refractivity contribution in [3.63, 3.8) is 0 Å². The molecule has 1 N–H and O–H groups in total. The van der Waals surface area contributed by atoms with E-state index in [9.17, 15) is 13.2 Å².